The van der Waals surface area contributed by atoms with Crippen LogP contribution in [0.25, 0.3) is 11.0 Å². The summed E-state index contributed by atoms with van der Waals surface area (Å²) in [6.45, 7) is 6.64. The first-order valence-corrected chi connectivity index (χ1v) is 15.8. The number of piperazine rings is 1. The standard InChI is InChI=1S/C35H40N6O3/c1-23-31(11-5-25-13-18-44-33(23)25)35(43)38-27-19-29-9-10-30(20-27)41(29)32-12-6-26(22-36-32)34(42)37-21-24-3-7-28(8-4-24)40-16-14-39(2)15-17-40/h3-8,11-13,18,22,27,29-30H,9-10,14-17,19-21H2,1-2H3,(H,37,42)(H,38,43)/t27?,29-,30+. The lowest BCUT2D eigenvalue weighted by molar-refractivity contribution is 0.0924. The fourth-order valence-electron chi connectivity index (χ4n) is 7.20. The summed E-state index contributed by atoms with van der Waals surface area (Å²) in [7, 11) is 2.16. The zero-order valence-corrected chi connectivity index (χ0v) is 25.5. The fourth-order valence-corrected chi connectivity index (χ4v) is 7.20. The minimum Gasteiger partial charge on any atom is -0.464 e. The second-order valence-electron chi connectivity index (χ2n) is 12.6. The molecule has 3 saturated heterocycles. The van der Waals surface area contributed by atoms with Gasteiger partial charge in [-0.1, -0.05) is 18.2 Å². The van der Waals surface area contributed by atoms with E-state index in [1.807, 2.05) is 37.3 Å². The van der Waals surface area contributed by atoms with Crippen molar-refractivity contribution in [1.29, 1.82) is 0 Å². The lowest BCUT2D eigenvalue weighted by Crippen LogP contribution is -2.50. The molecule has 0 saturated carbocycles. The Labute approximate surface area is 258 Å². The van der Waals surface area contributed by atoms with Crippen molar-refractivity contribution in [3.8, 4) is 0 Å². The van der Waals surface area contributed by atoms with Gasteiger partial charge in [-0.25, -0.2) is 4.98 Å². The van der Waals surface area contributed by atoms with Gasteiger partial charge in [0.25, 0.3) is 11.8 Å². The predicted molar refractivity (Wildman–Crippen MR) is 172 cm³/mol. The smallest absolute Gasteiger partial charge is 0.253 e. The van der Waals surface area contributed by atoms with Crippen LogP contribution >= 0.6 is 0 Å². The number of hydrogen-bond donors (Lipinski definition) is 2. The van der Waals surface area contributed by atoms with Gasteiger partial charge in [0.15, 0.2) is 0 Å². The number of anilines is 2. The van der Waals surface area contributed by atoms with E-state index in [2.05, 4.69) is 56.6 Å². The molecule has 0 spiro atoms. The number of aromatic nitrogens is 1. The summed E-state index contributed by atoms with van der Waals surface area (Å²) in [5.41, 5.74) is 5.17. The molecule has 2 N–H and O–H groups in total. The normalized spacial score (nSPS) is 21.9. The molecular formula is C35H40N6O3. The number of rotatable bonds is 7. The summed E-state index contributed by atoms with van der Waals surface area (Å²) >= 11 is 0. The second-order valence-corrected chi connectivity index (χ2v) is 12.6. The highest BCUT2D eigenvalue weighted by Gasteiger charge is 2.42. The molecule has 2 aromatic heterocycles. The van der Waals surface area contributed by atoms with Crippen molar-refractivity contribution in [3.05, 3.63) is 89.3 Å². The molecule has 3 atom stereocenters. The van der Waals surface area contributed by atoms with E-state index < -0.39 is 0 Å². The van der Waals surface area contributed by atoms with Crippen molar-refractivity contribution in [3.63, 3.8) is 0 Å². The molecule has 3 aliphatic heterocycles. The molecule has 9 heteroatoms. The van der Waals surface area contributed by atoms with E-state index >= 15 is 0 Å². The van der Waals surface area contributed by atoms with Crippen molar-refractivity contribution in [2.24, 2.45) is 0 Å². The third kappa shape index (κ3) is 5.64. The van der Waals surface area contributed by atoms with Crippen LogP contribution in [0.1, 0.15) is 57.5 Å². The Morgan fingerprint density at radius 1 is 0.909 bits per heavy atom. The molecule has 2 amide bonds. The molecule has 4 aromatic rings. The molecule has 5 heterocycles. The first kappa shape index (κ1) is 28.4. The van der Waals surface area contributed by atoms with Gasteiger partial charge in [0.2, 0.25) is 0 Å². The molecule has 3 fully saturated rings. The number of hydrogen-bond acceptors (Lipinski definition) is 7. The summed E-state index contributed by atoms with van der Waals surface area (Å²) in [4.78, 5) is 38.0. The third-order valence-electron chi connectivity index (χ3n) is 9.72. The molecule has 2 aromatic carbocycles. The van der Waals surface area contributed by atoms with Crippen molar-refractivity contribution >= 4 is 34.3 Å². The van der Waals surface area contributed by atoms with Gasteiger partial charge >= 0.3 is 0 Å². The number of benzene rings is 2. The number of nitrogens with zero attached hydrogens (tertiary/aromatic N) is 4. The number of likely N-dealkylation sites (N-methyl/N-ethyl adjacent to an activating group) is 1. The van der Waals surface area contributed by atoms with E-state index in [0.717, 1.165) is 79.8 Å². The van der Waals surface area contributed by atoms with Crippen LogP contribution in [0.15, 0.2) is 71.5 Å². The van der Waals surface area contributed by atoms with E-state index in [4.69, 9.17) is 9.40 Å². The Balaban J connectivity index is 0.928. The molecule has 1 unspecified atom stereocenters. The second kappa shape index (κ2) is 12.0. The number of carbonyl (C=O) groups excluding carboxylic acids is 2. The van der Waals surface area contributed by atoms with Crippen LogP contribution in [0, 0.1) is 6.92 Å². The lowest BCUT2D eigenvalue weighted by Gasteiger charge is -2.40. The van der Waals surface area contributed by atoms with Crippen LogP contribution in [-0.2, 0) is 6.54 Å². The number of amides is 2. The molecular weight excluding hydrogens is 552 g/mol. The van der Waals surface area contributed by atoms with Gasteiger partial charge < -0.3 is 29.8 Å². The first-order valence-electron chi connectivity index (χ1n) is 15.8. The number of fused-ring (bicyclic) bond motifs is 3. The van der Waals surface area contributed by atoms with Gasteiger partial charge in [0, 0.05) is 79.2 Å². The van der Waals surface area contributed by atoms with Crippen molar-refractivity contribution in [1.82, 2.24) is 20.5 Å². The highest BCUT2D eigenvalue weighted by atomic mass is 16.3. The molecule has 3 aliphatic rings. The highest BCUT2D eigenvalue weighted by molar-refractivity contribution is 6.00. The van der Waals surface area contributed by atoms with Crippen molar-refractivity contribution in [2.45, 2.75) is 57.3 Å². The van der Waals surface area contributed by atoms with Crippen LogP contribution in [0.3, 0.4) is 0 Å². The maximum absolute atomic E-state index is 13.2. The quantitative estimate of drug-likeness (QED) is 0.320. The zero-order valence-electron chi connectivity index (χ0n) is 25.5. The van der Waals surface area contributed by atoms with E-state index in [1.165, 1.54) is 5.69 Å². The third-order valence-corrected chi connectivity index (χ3v) is 9.72. The van der Waals surface area contributed by atoms with Gasteiger partial charge in [-0.2, -0.15) is 0 Å². The molecule has 228 valence electrons. The number of pyridine rings is 1. The topological polar surface area (TPSA) is 94.0 Å². The maximum atomic E-state index is 13.2. The summed E-state index contributed by atoms with van der Waals surface area (Å²) in [6, 6.07) is 18.8. The molecule has 7 rings (SSSR count). The first-order chi connectivity index (χ1) is 21.4. The summed E-state index contributed by atoms with van der Waals surface area (Å²) < 4.78 is 5.60. The van der Waals surface area contributed by atoms with Crippen LogP contribution in [0.5, 0.6) is 0 Å². The number of nitrogens with one attached hydrogen (secondary N) is 2. The fraction of sp³-hybridized carbons (Fsp3) is 0.400. The monoisotopic (exact) mass is 592 g/mol. The number of aryl methyl sites for hydroxylation is 1. The SMILES string of the molecule is Cc1c(C(=O)NC2C[C@H]3CC[C@@H](C2)N3c2ccc(C(=O)NCc3ccc(N4CCN(C)CC4)cc3)cn2)ccc2ccoc12. The minimum atomic E-state index is -0.125. The maximum Gasteiger partial charge on any atom is 0.253 e. The highest BCUT2D eigenvalue weighted by Crippen LogP contribution is 2.38. The lowest BCUT2D eigenvalue weighted by atomic mass is 9.96. The number of furan rings is 1. The number of carbonyl (C=O) groups is 2. The van der Waals surface area contributed by atoms with E-state index in [1.54, 1.807) is 12.5 Å². The Kier molecular flexibility index (Phi) is 7.72. The van der Waals surface area contributed by atoms with Gasteiger partial charge in [0.05, 0.1) is 11.8 Å². The van der Waals surface area contributed by atoms with E-state index in [-0.39, 0.29) is 17.9 Å². The molecule has 44 heavy (non-hydrogen) atoms. The van der Waals surface area contributed by atoms with E-state index in [0.29, 0.717) is 29.8 Å². The van der Waals surface area contributed by atoms with E-state index in [9.17, 15) is 9.59 Å². The minimum absolute atomic E-state index is 0.0434. The Morgan fingerprint density at radius 2 is 1.66 bits per heavy atom. The van der Waals surface area contributed by atoms with Crippen LogP contribution in [-0.4, -0.2) is 73.1 Å². The summed E-state index contributed by atoms with van der Waals surface area (Å²) in [6.07, 6.45) is 7.25. The number of piperidine rings is 1. The van der Waals surface area contributed by atoms with Crippen molar-refractivity contribution in [2.75, 3.05) is 43.0 Å². The van der Waals surface area contributed by atoms with Gasteiger partial charge in [-0.3, -0.25) is 9.59 Å². The average molecular weight is 593 g/mol. The Hall–Kier alpha value is -4.37. The van der Waals surface area contributed by atoms with Gasteiger partial charge in [-0.05, 0) is 81.6 Å². The largest absolute Gasteiger partial charge is 0.464 e. The van der Waals surface area contributed by atoms with Crippen molar-refractivity contribution < 1.29 is 14.0 Å². The average Bonchev–Trinajstić information content (AvgIpc) is 3.63. The molecule has 2 bridgehead atoms. The predicted octanol–water partition coefficient (Wildman–Crippen LogP) is 4.75. The van der Waals surface area contributed by atoms with Crippen LogP contribution in [0.2, 0.25) is 0 Å². The van der Waals surface area contributed by atoms with Gasteiger partial charge in [-0.15, -0.1) is 0 Å². The summed E-state index contributed by atoms with van der Waals surface area (Å²) in [5.74, 6) is 0.732. The molecule has 0 aliphatic carbocycles. The molecule has 9 nitrogen and oxygen atoms in total. The zero-order chi connectivity index (χ0) is 30.2. The van der Waals surface area contributed by atoms with Crippen LogP contribution in [0.4, 0.5) is 11.5 Å². The Morgan fingerprint density at radius 3 is 2.36 bits per heavy atom. The Bertz CT molecular complexity index is 1630. The van der Waals surface area contributed by atoms with Gasteiger partial charge in [0.1, 0.15) is 11.4 Å². The summed E-state index contributed by atoms with van der Waals surface area (Å²) in [5, 5.41) is 7.34. The molecule has 0 radical (unpaired) electrons. The van der Waals surface area contributed by atoms with Crippen LogP contribution < -0.4 is 20.4 Å².